The minimum atomic E-state index is -0.320. The van der Waals surface area contributed by atoms with Gasteiger partial charge in [0.1, 0.15) is 5.75 Å². The van der Waals surface area contributed by atoms with Crippen molar-refractivity contribution in [2.24, 2.45) is 0 Å². The highest BCUT2D eigenvalue weighted by Gasteiger charge is 2.25. The Bertz CT molecular complexity index is 775. The second kappa shape index (κ2) is 6.94. The number of rotatable bonds is 2. The van der Waals surface area contributed by atoms with Gasteiger partial charge in [0.25, 0.3) is 0 Å². The van der Waals surface area contributed by atoms with Crippen molar-refractivity contribution in [2.45, 2.75) is 44.9 Å². The monoisotopic (exact) mass is 356 g/mol. The van der Waals surface area contributed by atoms with E-state index in [1.54, 1.807) is 29.2 Å². The highest BCUT2D eigenvalue weighted by atomic mass is 16.6. The molecule has 1 fully saturated rings. The molecule has 6 nitrogen and oxygen atoms in total. The number of carbonyl (C=O) groups excluding carboxylic acids is 1. The van der Waals surface area contributed by atoms with Crippen LogP contribution >= 0.6 is 0 Å². The van der Waals surface area contributed by atoms with Gasteiger partial charge >= 0.3 is 6.09 Å². The molecule has 2 heterocycles. The summed E-state index contributed by atoms with van der Waals surface area (Å²) in [5.74, 6) is 0.672. The molecule has 0 saturated carbocycles. The minimum absolute atomic E-state index is 0.107. The summed E-state index contributed by atoms with van der Waals surface area (Å²) in [6.07, 6.45) is 6.49. The molecule has 1 aromatic carbocycles. The predicted octanol–water partition coefficient (Wildman–Crippen LogP) is 3.75. The third-order valence-corrected chi connectivity index (χ3v) is 5.35. The SMILES string of the molecule is O=C(Oc1ccc(-n2c(O)c3c(c2O)CCCC3)cc1)N1CCCCC1. The lowest BCUT2D eigenvalue weighted by atomic mass is 9.95. The maximum absolute atomic E-state index is 12.2. The van der Waals surface area contributed by atoms with Gasteiger partial charge in [-0.3, -0.25) is 4.57 Å². The molecule has 6 heteroatoms. The summed E-state index contributed by atoms with van der Waals surface area (Å²) in [4.78, 5) is 13.9. The molecule has 2 aliphatic rings. The zero-order chi connectivity index (χ0) is 18.1. The fraction of sp³-hybridized carbons (Fsp3) is 0.450. The summed E-state index contributed by atoms with van der Waals surface area (Å²) in [5.41, 5.74) is 2.33. The van der Waals surface area contributed by atoms with Crippen molar-refractivity contribution < 1.29 is 19.7 Å². The van der Waals surface area contributed by atoms with Gasteiger partial charge in [-0.15, -0.1) is 0 Å². The summed E-state index contributed by atoms with van der Waals surface area (Å²) in [7, 11) is 0. The van der Waals surface area contributed by atoms with Gasteiger partial charge in [-0.2, -0.15) is 0 Å². The van der Waals surface area contributed by atoms with Crippen molar-refractivity contribution in [3.8, 4) is 23.2 Å². The first-order valence-electron chi connectivity index (χ1n) is 9.36. The molecule has 0 spiro atoms. The molecular formula is C20H24N2O4. The molecule has 1 aliphatic carbocycles. The number of hydrogen-bond acceptors (Lipinski definition) is 4. The fourth-order valence-electron chi connectivity index (χ4n) is 3.92. The van der Waals surface area contributed by atoms with Crippen LogP contribution in [0.5, 0.6) is 17.5 Å². The third kappa shape index (κ3) is 3.00. The van der Waals surface area contributed by atoms with Crippen molar-refractivity contribution in [1.82, 2.24) is 9.47 Å². The maximum atomic E-state index is 12.2. The van der Waals surface area contributed by atoms with Crippen LogP contribution in [0.4, 0.5) is 4.79 Å². The van der Waals surface area contributed by atoms with E-state index in [-0.39, 0.29) is 17.9 Å². The number of likely N-dealkylation sites (tertiary alicyclic amines) is 1. The average Bonchev–Trinajstić information content (AvgIpc) is 2.94. The van der Waals surface area contributed by atoms with Crippen LogP contribution in [0.25, 0.3) is 5.69 Å². The molecule has 1 aliphatic heterocycles. The standard InChI is InChI=1S/C20H24N2O4/c23-18-16-6-2-3-7-17(16)19(24)22(18)14-8-10-15(11-9-14)26-20(25)21-12-4-1-5-13-21/h8-11,23-24H,1-7,12-13H2. The number of piperidine rings is 1. The number of hydrogen-bond donors (Lipinski definition) is 2. The van der Waals surface area contributed by atoms with E-state index in [9.17, 15) is 15.0 Å². The fourth-order valence-corrected chi connectivity index (χ4v) is 3.92. The van der Waals surface area contributed by atoms with Crippen molar-refractivity contribution in [3.05, 3.63) is 35.4 Å². The van der Waals surface area contributed by atoms with Gasteiger partial charge in [-0.1, -0.05) is 0 Å². The number of ether oxygens (including phenoxy) is 1. The Balaban J connectivity index is 1.53. The molecule has 1 aromatic heterocycles. The van der Waals surface area contributed by atoms with Crippen molar-refractivity contribution in [2.75, 3.05) is 13.1 Å². The average molecular weight is 356 g/mol. The Labute approximate surface area is 152 Å². The molecular weight excluding hydrogens is 332 g/mol. The highest BCUT2D eigenvalue weighted by molar-refractivity contribution is 5.71. The Hall–Kier alpha value is -2.63. The van der Waals surface area contributed by atoms with E-state index in [4.69, 9.17) is 4.74 Å². The molecule has 1 saturated heterocycles. The smallest absolute Gasteiger partial charge is 0.415 e. The van der Waals surface area contributed by atoms with Gasteiger partial charge in [0.15, 0.2) is 0 Å². The van der Waals surface area contributed by atoms with Crippen molar-refractivity contribution in [3.63, 3.8) is 0 Å². The number of aromatic nitrogens is 1. The zero-order valence-corrected chi connectivity index (χ0v) is 14.8. The molecule has 0 atom stereocenters. The second-order valence-electron chi connectivity index (χ2n) is 7.06. The molecule has 0 radical (unpaired) electrons. The number of nitrogens with zero attached hydrogens (tertiary/aromatic N) is 2. The van der Waals surface area contributed by atoms with Crippen LogP contribution in [0, 0.1) is 0 Å². The number of benzene rings is 1. The minimum Gasteiger partial charge on any atom is -0.494 e. The first-order valence-corrected chi connectivity index (χ1v) is 9.36. The van der Waals surface area contributed by atoms with Crippen LogP contribution in [0.1, 0.15) is 43.2 Å². The number of fused-ring (bicyclic) bond motifs is 1. The van der Waals surface area contributed by atoms with Gasteiger partial charge in [0.2, 0.25) is 11.8 Å². The van der Waals surface area contributed by atoms with Crippen LogP contribution in [-0.4, -0.2) is 38.9 Å². The van der Waals surface area contributed by atoms with Crippen LogP contribution in [0.3, 0.4) is 0 Å². The quantitative estimate of drug-likeness (QED) is 0.859. The maximum Gasteiger partial charge on any atom is 0.415 e. The summed E-state index contributed by atoms with van der Waals surface area (Å²) >= 11 is 0. The van der Waals surface area contributed by atoms with Gasteiger partial charge < -0.3 is 19.8 Å². The summed E-state index contributed by atoms with van der Waals surface area (Å²) in [5, 5.41) is 21.0. The van der Waals surface area contributed by atoms with E-state index < -0.39 is 0 Å². The van der Waals surface area contributed by atoms with Crippen molar-refractivity contribution in [1.29, 1.82) is 0 Å². The van der Waals surface area contributed by atoms with Gasteiger partial charge in [-0.25, -0.2) is 4.79 Å². The summed E-state index contributed by atoms with van der Waals surface area (Å²) < 4.78 is 6.90. The van der Waals surface area contributed by atoms with Crippen molar-refractivity contribution >= 4 is 6.09 Å². The number of carbonyl (C=O) groups is 1. The first kappa shape index (κ1) is 16.8. The lowest BCUT2D eigenvalue weighted by Gasteiger charge is -2.25. The highest BCUT2D eigenvalue weighted by Crippen LogP contribution is 2.40. The largest absolute Gasteiger partial charge is 0.494 e. The molecule has 2 N–H and O–H groups in total. The van der Waals surface area contributed by atoms with E-state index in [1.165, 1.54) is 4.57 Å². The summed E-state index contributed by atoms with van der Waals surface area (Å²) in [6, 6.07) is 6.86. The first-order chi connectivity index (χ1) is 12.6. The lowest BCUT2D eigenvalue weighted by Crippen LogP contribution is -2.37. The van der Waals surface area contributed by atoms with Gasteiger partial charge in [-0.05, 0) is 69.2 Å². The molecule has 1 amide bonds. The van der Waals surface area contributed by atoms with Crippen LogP contribution in [0.15, 0.2) is 24.3 Å². The van der Waals surface area contributed by atoms with Gasteiger partial charge in [0.05, 0.1) is 5.69 Å². The number of amides is 1. The molecule has 4 rings (SSSR count). The Morgan fingerprint density at radius 1 is 0.846 bits per heavy atom. The van der Waals surface area contributed by atoms with Crippen LogP contribution in [0.2, 0.25) is 0 Å². The third-order valence-electron chi connectivity index (χ3n) is 5.35. The molecule has 0 unspecified atom stereocenters. The van der Waals surface area contributed by atoms with Crippen LogP contribution in [-0.2, 0) is 12.8 Å². The van der Waals surface area contributed by atoms with E-state index in [1.807, 2.05) is 0 Å². The van der Waals surface area contributed by atoms with E-state index >= 15 is 0 Å². The molecule has 26 heavy (non-hydrogen) atoms. The van der Waals surface area contributed by atoms with E-state index in [2.05, 4.69) is 0 Å². The molecule has 138 valence electrons. The van der Waals surface area contributed by atoms with E-state index in [0.29, 0.717) is 11.4 Å². The summed E-state index contributed by atoms with van der Waals surface area (Å²) in [6.45, 7) is 1.49. The Morgan fingerprint density at radius 3 is 2.00 bits per heavy atom. The second-order valence-corrected chi connectivity index (χ2v) is 7.06. The lowest BCUT2D eigenvalue weighted by molar-refractivity contribution is 0.142. The Kier molecular flexibility index (Phi) is 4.49. The number of aromatic hydroxyl groups is 2. The van der Waals surface area contributed by atoms with E-state index in [0.717, 1.165) is 69.2 Å². The topological polar surface area (TPSA) is 74.9 Å². The Morgan fingerprint density at radius 2 is 1.42 bits per heavy atom. The normalized spacial score (nSPS) is 17.0. The predicted molar refractivity (Wildman–Crippen MR) is 97.2 cm³/mol. The molecule has 0 bridgehead atoms. The van der Waals surface area contributed by atoms with Gasteiger partial charge in [0, 0.05) is 24.2 Å². The molecule has 2 aromatic rings. The zero-order valence-electron chi connectivity index (χ0n) is 14.8. The van der Waals surface area contributed by atoms with Crippen LogP contribution < -0.4 is 4.74 Å².